The molecule has 0 aromatic carbocycles. The van der Waals surface area contributed by atoms with Crippen molar-refractivity contribution in [1.29, 1.82) is 0 Å². The Hall–Kier alpha value is -1.40. The van der Waals surface area contributed by atoms with E-state index in [1.807, 2.05) is 0 Å². The van der Waals surface area contributed by atoms with Crippen molar-refractivity contribution in [3.05, 3.63) is 32.6 Å². The second kappa shape index (κ2) is 7.04. The third kappa shape index (κ3) is 4.54. The van der Waals surface area contributed by atoms with Crippen molar-refractivity contribution in [2.45, 2.75) is 33.7 Å². The van der Waals surface area contributed by atoms with Gasteiger partial charge in [0.05, 0.1) is 0 Å². The Morgan fingerprint density at radius 1 is 1.24 bits per heavy atom. The van der Waals surface area contributed by atoms with Crippen LogP contribution in [-0.4, -0.2) is 33.7 Å². The van der Waals surface area contributed by atoms with Gasteiger partial charge in [-0.3, -0.25) is 18.8 Å². The predicted octanol–water partition coefficient (Wildman–Crippen LogP) is 0.281. The Balaban J connectivity index is 3.05. The standard InChI is InChI=1S/C15H28N4O2/c1-6-7-19(11-15(2,3)10-16)9-12-8-13(20)18(5)14(21)17(12)4/h8H,6-7,9-11,16H2,1-5H3. The van der Waals surface area contributed by atoms with E-state index >= 15 is 0 Å². The minimum absolute atomic E-state index is 0.00772. The summed E-state index contributed by atoms with van der Waals surface area (Å²) < 4.78 is 2.66. The SMILES string of the molecule is CCCN(Cc1cc(=O)n(C)c(=O)n1C)CC(C)(C)CN. The van der Waals surface area contributed by atoms with Crippen molar-refractivity contribution < 1.29 is 0 Å². The summed E-state index contributed by atoms with van der Waals surface area (Å²) >= 11 is 0. The van der Waals surface area contributed by atoms with Gasteiger partial charge in [-0.05, 0) is 24.9 Å². The summed E-state index contributed by atoms with van der Waals surface area (Å²) in [4.78, 5) is 26.0. The first kappa shape index (κ1) is 17.7. The van der Waals surface area contributed by atoms with Crippen molar-refractivity contribution in [2.24, 2.45) is 25.2 Å². The fourth-order valence-corrected chi connectivity index (χ4v) is 2.36. The number of hydrogen-bond donors (Lipinski definition) is 1. The Bertz CT molecular complexity index is 586. The molecule has 0 atom stereocenters. The highest BCUT2D eigenvalue weighted by molar-refractivity contribution is 5.02. The van der Waals surface area contributed by atoms with E-state index in [1.165, 1.54) is 7.05 Å². The van der Waals surface area contributed by atoms with Crippen LogP contribution < -0.4 is 17.0 Å². The van der Waals surface area contributed by atoms with Crippen LogP contribution in [0.15, 0.2) is 15.7 Å². The topological polar surface area (TPSA) is 73.3 Å². The molecule has 2 N–H and O–H groups in total. The van der Waals surface area contributed by atoms with Gasteiger partial charge in [0, 0.05) is 38.9 Å². The molecule has 120 valence electrons. The van der Waals surface area contributed by atoms with Gasteiger partial charge in [-0.15, -0.1) is 0 Å². The number of nitrogens with zero attached hydrogens (tertiary/aromatic N) is 3. The van der Waals surface area contributed by atoms with Crippen LogP contribution in [0.5, 0.6) is 0 Å². The zero-order valence-electron chi connectivity index (χ0n) is 13.8. The molecule has 1 rings (SSSR count). The molecule has 6 nitrogen and oxygen atoms in total. The first-order valence-corrected chi connectivity index (χ1v) is 7.40. The van der Waals surface area contributed by atoms with E-state index in [0.29, 0.717) is 13.1 Å². The molecule has 1 aromatic rings. The van der Waals surface area contributed by atoms with Crippen molar-refractivity contribution in [2.75, 3.05) is 19.6 Å². The first-order chi connectivity index (χ1) is 9.71. The first-order valence-electron chi connectivity index (χ1n) is 7.40. The molecule has 0 amide bonds. The van der Waals surface area contributed by atoms with Crippen molar-refractivity contribution >= 4 is 0 Å². The number of hydrogen-bond acceptors (Lipinski definition) is 4. The van der Waals surface area contributed by atoms with Crippen molar-refractivity contribution in [3.63, 3.8) is 0 Å². The van der Waals surface area contributed by atoms with Crippen LogP contribution in [0.2, 0.25) is 0 Å². The zero-order valence-corrected chi connectivity index (χ0v) is 13.8. The van der Waals surface area contributed by atoms with Crippen LogP contribution in [0, 0.1) is 5.41 Å². The molecule has 0 aliphatic heterocycles. The summed E-state index contributed by atoms with van der Waals surface area (Å²) in [6.07, 6.45) is 1.01. The number of aromatic nitrogens is 2. The molecular formula is C15H28N4O2. The lowest BCUT2D eigenvalue weighted by atomic mass is 9.93. The monoisotopic (exact) mass is 296 g/mol. The maximum absolute atomic E-state index is 12.0. The zero-order chi connectivity index (χ0) is 16.2. The summed E-state index contributed by atoms with van der Waals surface area (Å²) in [7, 11) is 3.20. The maximum atomic E-state index is 12.0. The van der Waals surface area contributed by atoms with Gasteiger partial charge in [0.25, 0.3) is 5.56 Å². The largest absolute Gasteiger partial charge is 0.330 e. The van der Waals surface area contributed by atoms with Crippen LogP contribution in [-0.2, 0) is 20.6 Å². The van der Waals surface area contributed by atoms with Gasteiger partial charge in [0.2, 0.25) is 0 Å². The minimum atomic E-state index is -0.285. The second-order valence-electron chi connectivity index (χ2n) is 6.45. The maximum Gasteiger partial charge on any atom is 0.330 e. The van der Waals surface area contributed by atoms with E-state index in [9.17, 15) is 9.59 Å². The van der Waals surface area contributed by atoms with E-state index in [4.69, 9.17) is 5.73 Å². The molecule has 6 heteroatoms. The molecule has 0 unspecified atom stereocenters. The summed E-state index contributed by atoms with van der Waals surface area (Å²) in [6, 6.07) is 1.54. The molecule has 0 saturated carbocycles. The van der Waals surface area contributed by atoms with Crippen molar-refractivity contribution in [1.82, 2.24) is 14.0 Å². The molecule has 1 aromatic heterocycles. The quantitative estimate of drug-likeness (QED) is 0.784. The van der Waals surface area contributed by atoms with Gasteiger partial charge in [0.15, 0.2) is 0 Å². The van der Waals surface area contributed by atoms with Gasteiger partial charge in [-0.1, -0.05) is 20.8 Å². The number of nitrogens with two attached hydrogens (primary N) is 1. The highest BCUT2D eigenvalue weighted by atomic mass is 16.2. The van der Waals surface area contributed by atoms with Gasteiger partial charge in [-0.2, -0.15) is 0 Å². The highest BCUT2D eigenvalue weighted by Crippen LogP contribution is 2.16. The molecule has 0 aliphatic carbocycles. The molecule has 0 radical (unpaired) electrons. The molecule has 0 fully saturated rings. The molecule has 21 heavy (non-hydrogen) atoms. The Labute approximate surface area is 126 Å². The summed E-state index contributed by atoms with van der Waals surface area (Å²) in [5.74, 6) is 0. The Morgan fingerprint density at radius 2 is 1.86 bits per heavy atom. The second-order valence-corrected chi connectivity index (χ2v) is 6.45. The van der Waals surface area contributed by atoms with Crippen LogP contribution in [0.3, 0.4) is 0 Å². The fourth-order valence-electron chi connectivity index (χ4n) is 2.36. The van der Waals surface area contributed by atoms with E-state index in [0.717, 1.165) is 29.8 Å². The van der Waals surface area contributed by atoms with E-state index < -0.39 is 0 Å². The Morgan fingerprint density at radius 3 is 2.38 bits per heavy atom. The molecule has 0 aliphatic rings. The average Bonchev–Trinajstić information content (AvgIpc) is 2.42. The number of rotatable bonds is 7. The normalized spacial score (nSPS) is 12.1. The summed E-state index contributed by atoms with van der Waals surface area (Å²) in [5.41, 5.74) is 6.01. The van der Waals surface area contributed by atoms with Gasteiger partial charge in [0.1, 0.15) is 0 Å². The molecule has 0 saturated heterocycles. The van der Waals surface area contributed by atoms with Crippen LogP contribution in [0.4, 0.5) is 0 Å². The third-order valence-electron chi connectivity index (χ3n) is 3.76. The fraction of sp³-hybridized carbons (Fsp3) is 0.733. The lowest BCUT2D eigenvalue weighted by Gasteiger charge is -2.32. The molecule has 0 bridgehead atoms. The lowest BCUT2D eigenvalue weighted by molar-refractivity contribution is 0.172. The van der Waals surface area contributed by atoms with Crippen LogP contribution in [0.25, 0.3) is 0 Å². The van der Waals surface area contributed by atoms with E-state index in [-0.39, 0.29) is 16.7 Å². The van der Waals surface area contributed by atoms with E-state index in [1.54, 1.807) is 17.7 Å². The molecule has 0 spiro atoms. The van der Waals surface area contributed by atoms with Gasteiger partial charge >= 0.3 is 5.69 Å². The Kier molecular flexibility index (Phi) is 5.92. The summed E-state index contributed by atoms with van der Waals surface area (Å²) in [5, 5.41) is 0. The van der Waals surface area contributed by atoms with Crippen LogP contribution in [0.1, 0.15) is 32.9 Å². The lowest BCUT2D eigenvalue weighted by Crippen LogP contribution is -2.42. The molecule has 1 heterocycles. The average molecular weight is 296 g/mol. The predicted molar refractivity (Wildman–Crippen MR) is 85.3 cm³/mol. The van der Waals surface area contributed by atoms with Crippen molar-refractivity contribution in [3.8, 4) is 0 Å². The highest BCUT2D eigenvalue weighted by Gasteiger charge is 2.21. The third-order valence-corrected chi connectivity index (χ3v) is 3.76. The molecular weight excluding hydrogens is 268 g/mol. The minimum Gasteiger partial charge on any atom is -0.330 e. The van der Waals surface area contributed by atoms with Gasteiger partial charge < -0.3 is 5.73 Å². The van der Waals surface area contributed by atoms with E-state index in [2.05, 4.69) is 25.7 Å². The van der Waals surface area contributed by atoms with Gasteiger partial charge in [-0.25, -0.2) is 4.79 Å². The van der Waals surface area contributed by atoms with Crippen LogP contribution >= 0.6 is 0 Å². The summed E-state index contributed by atoms with van der Waals surface area (Å²) in [6.45, 7) is 9.29. The smallest absolute Gasteiger partial charge is 0.330 e.